The van der Waals surface area contributed by atoms with E-state index in [-0.39, 0.29) is 11.5 Å². The van der Waals surface area contributed by atoms with Gasteiger partial charge in [-0.1, -0.05) is 27.7 Å². The second-order valence-corrected chi connectivity index (χ2v) is 5.43. The number of hydrogen-bond acceptors (Lipinski definition) is 4. The molecule has 2 aromatic carbocycles. The van der Waals surface area contributed by atoms with Crippen LogP contribution >= 0.6 is 21.6 Å². The third kappa shape index (κ3) is 3.12. The van der Waals surface area contributed by atoms with Gasteiger partial charge in [-0.2, -0.15) is 0 Å². The van der Waals surface area contributed by atoms with Crippen LogP contribution in [0.5, 0.6) is 11.5 Å². The van der Waals surface area contributed by atoms with Crippen molar-refractivity contribution in [3.8, 4) is 11.5 Å². The van der Waals surface area contributed by atoms with Crippen LogP contribution in [-0.2, 0) is 0 Å². The summed E-state index contributed by atoms with van der Waals surface area (Å²) in [6.07, 6.45) is 0. The molecule has 0 bridgehead atoms. The largest absolute Gasteiger partial charge is 0.508 e. The summed E-state index contributed by atoms with van der Waals surface area (Å²) in [6, 6.07) is 14.2. The first-order chi connectivity index (χ1) is 7.74. The first kappa shape index (κ1) is 11.2. The first-order valence-electron chi connectivity index (χ1n) is 4.66. The zero-order chi connectivity index (χ0) is 11.4. The molecule has 4 heteroatoms. The average Bonchev–Trinajstić information content (AvgIpc) is 2.28. The highest BCUT2D eigenvalue weighted by Gasteiger charge is 1.98. The monoisotopic (exact) mass is 250 g/mol. The predicted molar refractivity (Wildman–Crippen MR) is 67.9 cm³/mol. The van der Waals surface area contributed by atoms with Crippen LogP contribution < -0.4 is 0 Å². The van der Waals surface area contributed by atoms with E-state index < -0.39 is 0 Å². The molecule has 0 aliphatic rings. The van der Waals surface area contributed by atoms with Crippen molar-refractivity contribution in [3.05, 3.63) is 48.5 Å². The molecule has 82 valence electrons. The van der Waals surface area contributed by atoms with E-state index in [9.17, 15) is 5.11 Å². The van der Waals surface area contributed by atoms with Gasteiger partial charge in [-0.3, -0.25) is 0 Å². The number of hydrogen-bond donors (Lipinski definition) is 2. The van der Waals surface area contributed by atoms with Gasteiger partial charge in [-0.15, -0.1) is 0 Å². The summed E-state index contributed by atoms with van der Waals surface area (Å²) in [7, 11) is 3.15. The lowest BCUT2D eigenvalue weighted by Crippen LogP contribution is -1.70. The van der Waals surface area contributed by atoms with Crippen LogP contribution in [-0.4, -0.2) is 10.2 Å². The van der Waals surface area contributed by atoms with Crippen molar-refractivity contribution in [2.75, 3.05) is 0 Å². The molecule has 0 amide bonds. The molecule has 2 aromatic rings. The Kier molecular flexibility index (Phi) is 3.64. The maximum absolute atomic E-state index is 9.29. The lowest BCUT2D eigenvalue weighted by Gasteiger charge is -2.01. The minimum atomic E-state index is 0.270. The second kappa shape index (κ2) is 5.18. The van der Waals surface area contributed by atoms with Gasteiger partial charge in [0.1, 0.15) is 11.5 Å². The maximum atomic E-state index is 9.29. The van der Waals surface area contributed by atoms with E-state index in [1.807, 2.05) is 24.3 Å². The molecule has 16 heavy (non-hydrogen) atoms. The van der Waals surface area contributed by atoms with Crippen molar-refractivity contribution >= 4 is 21.6 Å². The van der Waals surface area contributed by atoms with E-state index in [2.05, 4.69) is 0 Å². The van der Waals surface area contributed by atoms with Crippen molar-refractivity contribution in [2.24, 2.45) is 0 Å². The minimum absolute atomic E-state index is 0.270. The Labute approximate surface area is 102 Å². The molecule has 0 saturated heterocycles. The fourth-order valence-electron chi connectivity index (χ4n) is 1.13. The minimum Gasteiger partial charge on any atom is -0.508 e. The number of aromatic hydroxyl groups is 2. The number of phenols is 2. The normalized spacial score (nSPS) is 10.2. The molecule has 0 fully saturated rings. The predicted octanol–water partition coefficient (Wildman–Crippen LogP) is 3.90. The maximum Gasteiger partial charge on any atom is 0.116 e. The van der Waals surface area contributed by atoms with Crippen molar-refractivity contribution in [1.29, 1.82) is 0 Å². The quantitative estimate of drug-likeness (QED) is 0.811. The van der Waals surface area contributed by atoms with Gasteiger partial charge < -0.3 is 10.2 Å². The molecule has 0 radical (unpaired) electrons. The Morgan fingerprint density at radius 1 is 0.688 bits per heavy atom. The molecule has 0 aliphatic heterocycles. The molecular weight excluding hydrogens is 240 g/mol. The van der Waals surface area contributed by atoms with Gasteiger partial charge in [-0.05, 0) is 42.5 Å². The van der Waals surface area contributed by atoms with E-state index in [0.717, 1.165) is 9.79 Å². The summed E-state index contributed by atoms with van der Waals surface area (Å²) in [5, 5.41) is 18.4. The Balaban J connectivity index is 1.99. The highest BCUT2D eigenvalue weighted by Crippen LogP contribution is 2.38. The molecule has 0 spiro atoms. The van der Waals surface area contributed by atoms with Gasteiger partial charge in [-0.25, -0.2) is 0 Å². The van der Waals surface area contributed by atoms with Gasteiger partial charge >= 0.3 is 0 Å². The number of benzene rings is 2. The van der Waals surface area contributed by atoms with Gasteiger partial charge in [0.05, 0.1) is 0 Å². The Hall–Kier alpha value is -1.26. The van der Waals surface area contributed by atoms with Gasteiger partial charge in [0.2, 0.25) is 0 Å². The zero-order valence-corrected chi connectivity index (χ0v) is 9.96. The van der Waals surface area contributed by atoms with E-state index >= 15 is 0 Å². The van der Waals surface area contributed by atoms with Crippen LogP contribution in [0.1, 0.15) is 0 Å². The fourth-order valence-corrected chi connectivity index (χ4v) is 3.10. The molecule has 0 aliphatic carbocycles. The third-order valence-electron chi connectivity index (χ3n) is 1.89. The smallest absolute Gasteiger partial charge is 0.116 e. The summed E-state index contributed by atoms with van der Waals surface area (Å²) < 4.78 is 0. The van der Waals surface area contributed by atoms with Crippen LogP contribution in [0.2, 0.25) is 0 Å². The molecule has 0 aromatic heterocycles. The standard InChI is InChI=1S/C12H10O2S2/c13-9-4-6-11(7-5-9)15-16-12-3-1-2-10(14)8-12/h1-8,13-14H. The Bertz CT molecular complexity index is 469. The number of phenolic OH excluding ortho intramolecular Hbond substituents is 2. The van der Waals surface area contributed by atoms with Crippen LogP contribution in [0, 0.1) is 0 Å². The lowest BCUT2D eigenvalue weighted by molar-refractivity contribution is 0.473. The summed E-state index contributed by atoms with van der Waals surface area (Å²) in [6.45, 7) is 0. The van der Waals surface area contributed by atoms with E-state index in [1.54, 1.807) is 45.9 Å². The van der Waals surface area contributed by atoms with Crippen LogP contribution in [0.4, 0.5) is 0 Å². The Morgan fingerprint density at radius 3 is 2.06 bits per heavy atom. The fraction of sp³-hybridized carbons (Fsp3) is 0. The first-order valence-corrected chi connectivity index (χ1v) is 6.81. The van der Waals surface area contributed by atoms with Crippen LogP contribution in [0.15, 0.2) is 58.3 Å². The molecule has 0 heterocycles. The van der Waals surface area contributed by atoms with E-state index in [0.29, 0.717) is 0 Å². The van der Waals surface area contributed by atoms with Gasteiger partial charge in [0.25, 0.3) is 0 Å². The molecule has 2 rings (SSSR count). The third-order valence-corrected chi connectivity index (χ3v) is 4.29. The molecule has 2 N–H and O–H groups in total. The summed E-state index contributed by atoms with van der Waals surface area (Å²) in [5.74, 6) is 0.544. The highest BCUT2D eigenvalue weighted by atomic mass is 33.1. The summed E-state index contributed by atoms with van der Waals surface area (Å²) in [4.78, 5) is 2.06. The molecule has 0 saturated carbocycles. The SMILES string of the molecule is Oc1ccc(SSc2cccc(O)c2)cc1. The van der Waals surface area contributed by atoms with Crippen LogP contribution in [0.25, 0.3) is 0 Å². The van der Waals surface area contributed by atoms with Gasteiger partial charge in [0, 0.05) is 9.79 Å². The second-order valence-electron chi connectivity index (χ2n) is 3.16. The Morgan fingerprint density at radius 2 is 1.38 bits per heavy atom. The summed E-state index contributed by atoms with van der Waals surface area (Å²) in [5.41, 5.74) is 0. The summed E-state index contributed by atoms with van der Waals surface area (Å²) >= 11 is 0. The highest BCUT2D eigenvalue weighted by molar-refractivity contribution is 8.76. The molecule has 2 nitrogen and oxygen atoms in total. The molecule has 0 unspecified atom stereocenters. The van der Waals surface area contributed by atoms with Gasteiger partial charge in [0.15, 0.2) is 0 Å². The van der Waals surface area contributed by atoms with E-state index in [1.165, 1.54) is 0 Å². The lowest BCUT2D eigenvalue weighted by atomic mass is 10.3. The van der Waals surface area contributed by atoms with Crippen molar-refractivity contribution in [2.45, 2.75) is 9.79 Å². The average molecular weight is 250 g/mol. The zero-order valence-electron chi connectivity index (χ0n) is 8.33. The molecular formula is C12H10O2S2. The van der Waals surface area contributed by atoms with Crippen LogP contribution in [0.3, 0.4) is 0 Å². The van der Waals surface area contributed by atoms with E-state index in [4.69, 9.17) is 5.11 Å². The molecule has 0 atom stereocenters. The van der Waals surface area contributed by atoms with Crippen molar-refractivity contribution in [3.63, 3.8) is 0 Å². The van der Waals surface area contributed by atoms with Crippen molar-refractivity contribution in [1.82, 2.24) is 0 Å². The number of rotatable bonds is 3. The van der Waals surface area contributed by atoms with Crippen molar-refractivity contribution < 1.29 is 10.2 Å². The topological polar surface area (TPSA) is 40.5 Å².